The first-order valence-electron chi connectivity index (χ1n) is 17.9. The van der Waals surface area contributed by atoms with E-state index in [4.69, 9.17) is 19.4 Å². The number of hydrogen-bond donors (Lipinski definition) is 2. The van der Waals surface area contributed by atoms with Crippen molar-refractivity contribution in [3.05, 3.63) is 58.2 Å². The molecule has 51 heavy (non-hydrogen) atoms. The summed E-state index contributed by atoms with van der Waals surface area (Å²) in [5.74, 6) is -0.556. The zero-order valence-corrected chi connectivity index (χ0v) is 31.8. The number of alkyl carbamates (subject to hydrolysis) is 1. The lowest BCUT2D eigenvalue weighted by Crippen LogP contribution is -2.60. The molecule has 1 aromatic carbocycles. The molecule has 1 fully saturated rings. The third-order valence-corrected chi connectivity index (χ3v) is 10.2. The average Bonchev–Trinajstić information content (AvgIpc) is 3.67. The molecular weight excluding hydrogens is 665 g/mol. The molecule has 2 aliphatic heterocycles. The van der Waals surface area contributed by atoms with Crippen LogP contribution in [0.3, 0.4) is 0 Å². The second-order valence-electron chi connectivity index (χ2n) is 15.7. The molecule has 3 aromatic heterocycles. The van der Waals surface area contributed by atoms with Gasteiger partial charge in [0.15, 0.2) is 0 Å². The van der Waals surface area contributed by atoms with Crippen molar-refractivity contribution >= 4 is 40.2 Å². The van der Waals surface area contributed by atoms with E-state index in [-0.39, 0.29) is 24.9 Å². The second-order valence-corrected chi connectivity index (χ2v) is 16.6. The van der Waals surface area contributed by atoms with Gasteiger partial charge in [0.25, 0.3) is 5.91 Å². The number of rotatable bonds is 4. The molecule has 0 aliphatic carbocycles. The summed E-state index contributed by atoms with van der Waals surface area (Å²) in [6.07, 6.45) is 3.10. The van der Waals surface area contributed by atoms with Gasteiger partial charge in [0.2, 0.25) is 0 Å². The normalized spacial score (nSPS) is 19.9. The van der Waals surface area contributed by atoms with Crippen LogP contribution in [0.1, 0.15) is 90.4 Å². The topological polar surface area (TPSA) is 128 Å². The molecule has 6 rings (SSSR count). The Morgan fingerprint density at radius 1 is 1.22 bits per heavy atom. The van der Waals surface area contributed by atoms with Crippen molar-refractivity contribution in [1.82, 2.24) is 30.3 Å². The summed E-state index contributed by atoms with van der Waals surface area (Å²) in [5, 5.41) is 8.02. The van der Waals surface area contributed by atoms with Gasteiger partial charge in [-0.05, 0) is 82.7 Å². The number of hydrazine groups is 1. The van der Waals surface area contributed by atoms with E-state index in [0.717, 1.165) is 45.7 Å². The largest absolute Gasteiger partial charge is 0.464 e. The maximum atomic E-state index is 14.0. The molecule has 6 bridgehead atoms. The molecule has 11 nitrogen and oxygen atoms in total. The molecule has 2 aliphatic rings. The lowest BCUT2D eigenvalue weighted by Gasteiger charge is -2.35. The number of aromatic nitrogens is 3. The molecule has 1 saturated heterocycles. The highest BCUT2D eigenvalue weighted by molar-refractivity contribution is 7.10. The number of benzene rings is 1. The maximum Gasteiger partial charge on any atom is 0.408 e. The molecule has 12 heteroatoms. The predicted octanol–water partition coefficient (Wildman–Crippen LogP) is 7.03. The molecular formula is C39H50N6O5S. The van der Waals surface area contributed by atoms with Crippen LogP contribution in [0.4, 0.5) is 4.79 Å². The monoisotopic (exact) mass is 714 g/mol. The summed E-state index contributed by atoms with van der Waals surface area (Å²) >= 11 is 1.44. The summed E-state index contributed by atoms with van der Waals surface area (Å²) in [5.41, 5.74) is 9.24. The van der Waals surface area contributed by atoms with Gasteiger partial charge in [0.05, 0.1) is 28.7 Å². The number of nitrogens with one attached hydrogen (secondary N) is 2. The number of carbonyl (C=O) groups is 3. The molecule has 0 spiro atoms. The zero-order valence-electron chi connectivity index (χ0n) is 31.0. The van der Waals surface area contributed by atoms with E-state index < -0.39 is 35.2 Å². The van der Waals surface area contributed by atoms with Crippen LogP contribution in [-0.4, -0.2) is 68.4 Å². The number of amides is 2. The van der Waals surface area contributed by atoms with Crippen molar-refractivity contribution in [2.45, 2.75) is 111 Å². The predicted molar refractivity (Wildman–Crippen MR) is 199 cm³/mol. The number of nitrogens with zero attached hydrogens (tertiary/aromatic N) is 4. The second kappa shape index (κ2) is 14.4. The fraction of sp³-hybridized carbons (Fsp3) is 0.513. The van der Waals surface area contributed by atoms with Crippen LogP contribution in [0.15, 0.2) is 41.9 Å². The Morgan fingerprint density at radius 2 is 2.00 bits per heavy atom. The molecule has 2 N–H and O–H groups in total. The first-order chi connectivity index (χ1) is 24.1. The molecule has 0 unspecified atom stereocenters. The minimum Gasteiger partial charge on any atom is -0.464 e. The number of esters is 1. The van der Waals surface area contributed by atoms with Crippen molar-refractivity contribution in [3.8, 4) is 22.5 Å². The molecule has 272 valence electrons. The van der Waals surface area contributed by atoms with Crippen LogP contribution in [0.5, 0.6) is 0 Å². The molecule has 0 saturated carbocycles. The Balaban J connectivity index is 1.49. The van der Waals surface area contributed by atoms with Crippen LogP contribution in [-0.2, 0) is 38.4 Å². The van der Waals surface area contributed by atoms with Crippen LogP contribution in [0.2, 0.25) is 0 Å². The Kier molecular flexibility index (Phi) is 10.3. The van der Waals surface area contributed by atoms with Gasteiger partial charge in [-0.15, -0.1) is 11.3 Å². The van der Waals surface area contributed by atoms with Gasteiger partial charge < -0.3 is 19.4 Å². The minimum atomic E-state index is -0.969. The van der Waals surface area contributed by atoms with Crippen LogP contribution in [0.25, 0.3) is 33.4 Å². The smallest absolute Gasteiger partial charge is 0.408 e. The van der Waals surface area contributed by atoms with E-state index in [2.05, 4.69) is 74.2 Å². The highest BCUT2D eigenvalue weighted by atomic mass is 32.1. The number of hydrogen-bond acceptors (Lipinski definition) is 9. The SMILES string of the molecule is CCn1c(-c2cccnc2C(C)C)c2c3cc(ccc31)-c1csc(n1)C[C@H](NC(=O)OC(C)(C)C)C(=O)N1CCC[C@H](N1)C(=O)OCC(C)(C)C2. The summed E-state index contributed by atoms with van der Waals surface area (Å²) in [4.78, 5) is 50.3. The number of thiazole rings is 1. The van der Waals surface area contributed by atoms with Crippen molar-refractivity contribution in [2.24, 2.45) is 5.41 Å². The Hall–Kier alpha value is -4.29. The highest BCUT2D eigenvalue weighted by Gasteiger charge is 2.36. The van der Waals surface area contributed by atoms with E-state index in [1.165, 1.54) is 21.9 Å². The van der Waals surface area contributed by atoms with Gasteiger partial charge in [0, 0.05) is 58.5 Å². The maximum absolute atomic E-state index is 14.0. The Labute approximate surface area is 304 Å². The minimum absolute atomic E-state index is 0.160. The number of ether oxygens (including phenoxy) is 2. The first kappa shape index (κ1) is 36.5. The summed E-state index contributed by atoms with van der Waals surface area (Å²) < 4.78 is 13.9. The van der Waals surface area contributed by atoms with E-state index in [0.29, 0.717) is 30.8 Å². The van der Waals surface area contributed by atoms with Gasteiger partial charge in [-0.2, -0.15) is 0 Å². The van der Waals surface area contributed by atoms with E-state index >= 15 is 0 Å². The van der Waals surface area contributed by atoms with Crippen LogP contribution in [0, 0.1) is 5.41 Å². The van der Waals surface area contributed by atoms with Crippen LogP contribution >= 0.6 is 11.3 Å². The average molecular weight is 715 g/mol. The fourth-order valence-corrected chi connectivity index (χ4v) is 7.89. The molecule has 2 amide bonds. The first-order valence-corrected chi connectivity index (χ1v) is 18.8. The van der Waals surface area contributed by atoms with Crippen molar-refractivity contribution in [3.63, 3.8) is 0 Å². The van der Waals surface area contributed by atoms with E-state index in [1.54, 1.807) is 20.8 Å². The Morgan fingerprint density at radius 3 is 2.73 bits per heavy atom. The van der Waals surface area contributed by atoms with Gasteiger partial charge >= 0.3 is 12.1 Å². The van der Waals surface area contributed by atoms with Gasteiger partial charge in [-0.3, -0.25) is 19.6 Å². The van der Waals surface area contributed by atoms with E-state index in [1.807, 2.05) is 17.6 Å². The summed E-state index contributed by atoms with van der Waals surface area (Å²) in [7, 11) is 0. The molecule has 5 heterocycles. The molecule has 4 aromatic rings. The lowest BCUT2D eigenvalue weighted by atomic mass is 9.84. The Bertz CT molecular complexity index is 1940. The quantitative estimate of drug-likeness (QED) is 0.216. The number of cyclic esters (lactones) is 1. The lowest BCUT2D eigenvalue weighted by molar-refractivity contribution is -0.155. The zero-order chi connectivity index (χ0) is 36.7. The molecule has 0 radical (unpaired) electrons. The van der Waals surface area contributed by atoms with Gasteiger partial charge in [-0.1, -0.05) is 33.8 Å². The van der Waals surface area contributed by atoms with Gasteiger partial charge in [0.1, 0.15) is 17.7 Å². The number of carbonyl (C=O) groups excluding carboxylic acids is 3. The molecule has 2 atom stereocenters. The summed E-state index contributed by atoms with van der Waals surface area (Å²) in [6, 6.07) is 8.95. The third kappa shape index (κ3) is 7.97. The number of aryl methyl sites for hydroxylation is 1. The highest BCUT2D eigenvalue weighted by Crippen LogP contribution is 2.41. The third-order valence-electron chi connectivity index (χ3n) is 9.34. The van der Waals surface area contributed by atoms with Crippen molar-refractivity contribution in [1.29, 1.82) is 0 Å². The fourth-order valence-electron chi connectivity index (χ4n) is 7.04. The standard InChI is InChI=1S/C39H50N6O5S/c1-9-44-31-15-14-24-18-26(31)27(34(44)25-12-10-16-40-33(25)23(2)3)20-39(7,8)22-49-36(47)28-13-11-17-45(43-28)35(46)29(19-32-41-30(24)21-51-32)42-37(48)50-38(4,5)6/h10,12,14-16,18,21,23,28-29,43H,9,11,13,17,19-20,22H2,1-8H3,(H,42,48)/t28-,29-/m0/s1. The van der Waals surface area contributed by atoms with Crippen LogP contribution < -0.4 is 10.7 Å². The van der Waals surface area contributed by atoms with Gasteiger partial charge in [-0.25, -0.2) is 15.2 Å². The van der Waals surface area contributed by atoms with Crippen molar-refractivity contribution < 1.29 is 23.9 Å². The number of pyridine rings is 1. The number of fused-ring (bicyclic) bond motifs is 6. The van der Waals surface area contributed by atoms with E-state index in [9.17, 15) is 14.4 Å². The summed E-state index contributed by atoms with van der Waals surface area (Å²) in [6.45, 7) is 17.4. The van der Waals surface area contributed by atoms with Crippen molar-refractivity contribution in [2.75, 3.05) is 13.2 Å².